The fraction of sp³-hybridized carbons (Fsp3) is 0.400. The van der Waals surface area contributed by atoms with Crippen molar-refractivity contribution in [3.63, 3.8) is 0 Å². The van der Waals surface area contributed by atoms with Crippen molar-refractivity contribution in [1.29, 1.82) is 0 Å². The molecular weight excluding hydrogens is 260 g/mol. The maximum atomic E-state index is 6.06. The average Bonchev–Trinajstić information content (AvgIpc) is 2.41. The molecule has 3 nitrogen and oxygen atoms in total. The normalized spacial score (nSPS) is 17.1. The maximum absolute atomic E-state index is 6.06. The van der Waals surface area contributed by atoms with Gasteiger partial charge in [0.1, 0.15) is 11.9 Å². The van der Waals surface area contributed by atoms with Gasteiger partial charge in [0.05, 0.1) is 0 Å². The molecule has 0 unspecified atom stereocenters. The van der Waals surface area contributed by atoms with Crippen molar-refractivity contribution in [1.82, 2.24) is 9.88 Å². The Kier molecular flexibility index (Phi) is 4.61. The van der Waals surface area contributed by atoms with Gasteiger partial charge in [-0.2, -0.15) is 0 Å². The van der Waals surface area contributed by atoms with Gasteiger partial charge in [-0.15, -0.1) is 12.4 Å². The molecule has 1 saturated heterocycles. The van der Waals surface area contributed by atoms with E-state index in [4.69, 9.17) is 4.74 Å². The van der Waals surface area contributed by atoms with E-state index in [2.05, 4.69) is 29.1 Å². The summed E-state index contributed by atoms with van der Waals surface area (Å²) in [5.74, 6) is 0.975. The first-order valence-electron chi connectivity index (χ1n) is 6.50. The first-order chi connectivity index (χ1) is 8.81. The van der Waals surface area contributed by atoms with Crippen molar-refractivity contribution in [2.75, 3.05) is 20.1 Å². The number of nitrogens with zero attached hydrogens (tertiary/aromatic N) is 2. The third-order valence-electron chi connectivity index (χ3n) is 3.58. The summed E-state index contributed by atoms with van der Waals surface area (Å²) in [5.41, 5.74) is 0. The molecule has 0 amide bonds. The monoisotopic (exact) mass is 278 g/mol. The molecule has 0 saturated carbocycles. The van der Waals surface area contributed by atoms with E-state index in [1.165, 1.54) is 5.39 Å². The molecule has 102 valence electrons. The van der Waals surface area contributed by atoms with Crippen LogP contribution in [0.3, 0.4) is 0 Å². The molecule has 0 spiro atoms. The van der Waals surface area contributed by atoms with Crippen molar-refractivity contribution in [2.24, 2.45) is 0 Å². The molecule has 1 aromatic carbocycles. The first kappa shape index (κ1) is 14.1. The predicted octanol–water partition coefficient (Wildman–Crippen LogP) is 3.13. The lowest BCUT2D eigenvalue weighted by molar-refractivity contribution is 0.114. The Morgan fingerprint density at radius 2 is 1.95 bits per heavy atom. The molecule has 3 rings (SSSR count). The Morgan fingerprint density at radius 3 is 2.74 bits per heavy atom. The highest BCUT2D eigenvalue weighted by atomic mass is 35.5. The van der Waals surface area contributed by atoms with Crippen LogP contribution in [0.15, 0.2) is 36.7 Å². The summed E-state index contributed by atoms with van der Waals surface area (Å²) < 4.78 is 6.06. The van der Waals surface area contributed by atoms with E-state index in [-0.39, 0.29) is 12.4 Å². The van der Waals surface area contributed by atoms with Crippen molar-refractivity contribution in [2.45, 2.75) is 18.9 Å². The molecule has 19 heavy (non-hydrogen) atoms. The van der Waals surface area contributed by atoms with Gasteiger partial charge >= 0.3 is 0 Å². The van der Waals surface area contributed by atoms with Crippen molar-refractivity contribution >= 4 is 23.2 Å². The zero-order valence-corrected chi connectivity index (χ0v) is 11.9. The Bertz CT molecular complexity index is 538. The number of hydrogen-bond acceptors (Lipinski definition) is 3. The van der Waals surface area contributed by atoms with Crippen LogP contribution < -0.4 is 4.74 Å². The van der Waals surface area contributed by atoms with Crippen molar-refractivity contribution in [3.05, 3.63) is 36.7 Å². The van der Waals surface area contributed by atoms with Gasteiger partial charge in [0, 0.05) is 30.9 Å². The number of likely N-dealkylation sites (tertiary alicyclic amines) is 1. The topological polar surface area (TPSA) is 25.4 Å². The van der Waals surface area contributed by atoms with Crippen molar-refractivity contribution in [3.8, 4) is 5.75 Å². The second kappa shape index (κ2) is 6.22. The van der Waals surface area contributed by atoms with Gasteiger partial charge in [0.25, 0.3) is 0 Å². The lowest BCUT2D eigenvalue weighted by atomic mass is 10.1. The number of piperidine rings is 1. The summed E-state index contributed by atoms with van der Waals surface area (Å²) >= 11 is 0. The number of rotatable bonds is 2. The third-order valence-corrected chi connectivity index (χ3v) is 3.58. The van der Waals surface area contributed by atoms with E-state index in [1.54, 1.807) is 0 Å². The molecule has 1 aromatic heterocycles. The minimum Gasteiger partial charge on any atom is -0.490 e. The summed E-state index contributed by atoms with van der Waals surface area (Å²) in [6.07, 6.45) is 6.30. The predicted molar refractivity (Wildman–Crippen MR) is 80.1 cm³/mol. The summed E-state index contributed by atoms with van der Waals surface area (Å²) in [7, 11) is 2.17. The fourth-order valence-corrected chi connectivity index (χ4v) is 2.43. The molecule has 1 aliphatic heterocycles. The lowest BCUT2D eigenvalue weighted by Gasteiger charge is -2.29. The van der Waals surface area contributed by atoms with Crippen LogP contribution in [0.1, 0.15) is 12.8 Å². The van der Waals surface area contributed by atoms with Crippen LogP contribution in [-0.2, 0) is 0 Å². The highest BCUT2D eigenvalue weighted by Gasteiger charge is 2.17. The number of aromatic nitrogens is 1. The Balaban J connectivity index is 0.00000133. The number of fused-ring (bicyclic) bond motifs is 1. The van der Waals surface area contributed by atoms with E-state index in [0.717, 1.165) is 37.1 Å². The van der Waals surface area contributed by atoms with Crippen LogP contribution in [-0.4, -0.2) is 36.1 Å². The third kappa shape index (κ3) is 3.37. The molecule has 0 aliphatic carbocycles. The van der Waals surface area contributed by atoms with Gasteiger partial charge in [0.2, 0.25) is 0 Å². The van der Waals surface area contributed by atoms with Crippen LogP contribution >= 0.6 is 12.4 Å². The number of pyridine rings is 1. The Hall–Kier alpha value is -1.32. The molecule has 0 atom stereocenters. The first-order valence-corrected chi connectivity index (χ1v) is 6.50. The molecule has 0 radical (unpaired) electrons. The SMILES string of the molecule is CN1CCC(Oc2ccc3cnccc3c2)CC1.Cl. The Labute approximate surface area is 120 Å². The smallest absolute Gasteiger partial charge is 0.120 e. The van der Waals surface area contributed by atoms with Crippen LogP contribution in [0.4, 0.5) is 0 Å². The summed E-state index contributed by atoms with van der Waals surface area (Å²) in [4.78, 5) is 6.47. The zero-order chi connectivity index (χ0) is 12.4. The van der Waals surface area contributed by atoms with Crippen LogP contribution in [0.25, 0.3) is 10.8 Å². The van der Waals surface area contributed by atoms with Gasteiger partial charge in [-0.3, -0.25) is 4.98 Å². The second-order valence-electron chi connectivity index (χ2n) is 5.01. The van der Waals surface area contributed by atoms with Gasteiger partial charge in [0.15, 0.2) is 0 Å². The highest BCUT2D eigenvalue weighted by molar-refractivity contribution is 5.85. The van der Waals surface area contributed by atoms with E-state index < -0.39 is 0 Å². The summed E-state index contributed by atoms with van der Waals surface area (Å²) in [5, 5.41) is 2.35. The quantitative estimate of drug-likeness (QED) is 0.844. The van der Waals surface area contributed by atoms with E-state index in [9.17, 15) is 0 Å². The molecule has 2 aromatic rings. The van der Waals surface area contributed by atoms with Gasteiger partial charge in [-0.05, 0) is 49.5 Å². The summed E-state index contributed by atoms with van der Waals surface area (Å²) in [6.45, 7) is 2.25. The summed E-state index contributed by atoms with van der Waals surface area (Å²) in [6, 6.07) is 8.25. The molecule has 2 heterocycles. The highest BCUT2D eigenvalue weighted by Crippen LogP contribution is 2.23. The van der Waals surface area contributed by atoms with Gasteiger partial charge in [-0.25, -0.2) is 0 Å². The minimum absolute atomic E-state index is 0. The molecule has 0 bridgehead atoms. The average molecular weight is 279 g/mol. The molecule has 0 N–H and O–H groups in total. The van der Waals surface area contributed by atoms with Crippen molar-refractivity contribution < 1.29 is 4.74 Å². The van der Waals surface area contributed by atoms with Crippen LogP contribution in [0.2, 0.25) is 0 Å². The molecular formula is C15H19ClN2O. The van der Waals surface area contributed by atoms with Gasteiger partial charge in [-0.1, -0.05) is 0 Å². The standard InChI is InChI=1S/C15H18N2O.ClH/c1-17-8-5-14(6-9-17)18-15-3-2-13-11-16-7-4-12(13)10-15;/h2-4,7,10-11,14H,5-6,8-9H2,1H3;1H. The molecule has 4 heteroatoms. The second-order valence-corrected chi connectivity index (χ2v) is 5.01. The zero-order valence-electron chi connectivity index (χ0n) is 11.1. The largest absolute Gasteiger partial charge is 0.490 e. The molecule has 1 fully saturated rings. The maximum Gasteiger partial charge on any atom is 0.120 e. The number of hydrogen-bond donors (Lipinski definition) is 0. The van der Waals surface area contributed by atoms with Gasteiger partial charge < -0.3 is 9.64 Å². The number of ether oxygens (including phenoxy) is 1. The number of benzene rings is 1. The van der Waals surface area contributed by atoms with E-state index >= 15 is 0 Å². The fourth-order valence-electron chi connectivity index (χ4n) is 2.43. The van der Waals surface area contributed by atoms with Crippen LogP contribution in [0.5, 0.6) is 5.75 Å². The van der Waals surface area contributed by atoms with E-state index in [0.29, 0.717) is 6.10 Å². The van der Waals surface area contributed by atoms with Crippen LogP contribution in [0, 0.1) is 0 Å². The van der Waals surface area contributed by atoms with E-state index in [1.807, 2.05) is 24.5 Å². The minimum atomic E-state index is 0. The Morgan fingerprint density at radius 1 is 1.16 bits per heavy atom. The molecule has 1 aliphatic rings. The lowest BCUT2D eigenvalue weighted by Crippen LogP contribution is -2.35. The number of halogens is 1.